The first-order valence-corrected chi connectivity index (χ1v) is 5.64. The van der Waals surface area contributed by atoms with Gasteiger partial charge < -0.3 is 10.1 Å². The Morgan fingerprint density at radius 2 is 2.29 bits per heavy atom. The number of ether oxygens (including phenoxy) is 1. The predicted molar refractivity (Wildman–Crippen MR) is 60.4 cm³/mol. The Kier molecular flexibility index (Phi) is 5.20. The Labute approximate surface area is 87.7 Å². The summed E-state index contributed by atoms with van der Waals surface area (Å²) in [6, 6.07) is 0.649. The second-order valence-corrected chi connectivity index (χ2v) is 4.54. The molecule has 1 fully saturated rings. The van der Waals surface area contributed by atoms with E-state index in [0.29, 0.717) is 12.6 Å². The lowest BCUT2D eigenvalue weighted by Gasteiger charge is -2.13. The fraction of sp³-hybridized carbons (Fsp3) is 0.833. The first kappa shape index (κ1) is 11.7. The van der Waals surface area contributed by atoms with Crippen molar-refractivity contribution in [2.45, 2.75) is 39.2 Å². The first-order valence-electron chi connectivity index (χ1n) is 5.64. The third-order valence-corrected chi connectivity index (χ3v) is 2.47. The minimum atomic E-state index is 0.649. The lowest BCUT2D eigenvalue weighted by atomic mass is 10.2. The molecule has 14 heavy (non-hydrogen) atoms. The van der Waals surface area contributed by atoms with Crippen LogP contribution in [0.1, 0.15) is 33.1 Å². The highest BCUT2D eigenvalue weighted by Gasteiger charge is 2.22. The van der Waals surface area contributed by atoms with Crippen molar-refractivity contribution < 1.29 is 4.74 Å². The topological polar surface area (TPSA) is 21.3 Å². The summed E-state index contributed by atoms with van der Waals surface area (Å²) in [5, 5.41) is 3.47. The van der Waals surface area contributed by atoms with Gasteiger partial charge in [0.25, 0.3) is 0 Å². The van der Waals surface area contributed by atoms with Crippen molar-refractivity contribution in [3.05, 3.63) is 12.2 Å². The molecule has 0 bridgehead atoms. The maximum Gasteiger partial charge on any atom is 0.0672 e. The van der Waals surface area contributed by atoms with Gasteiger partial charge in [0.05, 0.1) is 13.2 Å². The Balaban J connectivity index is 1.84. The van der Waals surface area contributed by atoms with Crippen LogP contribution in [0.3, 0.4) is 0 Å². The summed E-state index contributed by atoms with van der Waals surface area (Å²) in [7, 11) is 0. The highest BCUT2D eigenvalue weighted by molar-refractivity contribution is 4.87. The quantitative estimate of drug-likeness (QED) is 0.476. The number of hydrogen-bond acceptors (Lipinski definition) is 2. The van der Waals surface area contributed by atoms with Crippen LogP contribution in [0, 0.1) is 5.92 Å². The highest BCUT2D eigenvalue weighted by Crippen LogP contribution is 2.33. The highest BCUT2D eigenvalue weighted by atomic mass is 16.5. The molecule has 1 aliphatic carbocycles. The SMILES string of the molecule is C=C(C)COCCNC(C)CC1CC1. The van der Waals surface area contributed by atoms with Crippen LogP contribution >= 0.6 is 0 Å². The van der Waals surface area contributed by atoms with Crippen molar-refractivity contribution in [3.8, 4) is 0 Å². The third-order valence-electron chi connectivity index (χ3n) is 2.47. The molecule has 0 radical (unpaired) electrons. The van der Waals surface area contributed by atoms with Crippen LogP contribution in [0.15, 0.2) is 12.2 Å². The van der Waals surface area contributed by atoms with Gasteiger partial charge in [-0.1, -0.05) is 25.0 Å². The molecule has 0 aromatic carbocycles. The van der Waals surface area contributed by atoms with E-state index in [-0.39, 0.29) is 0 Å². The van der Waals surface area contributed by atoms with Gasteiger partial charge >= 0.3 is 0 Å². The second-order valence-electron chi connectivity index (χ2n) is 4.54. The molecule has 2 heteroatoms. The van der Waals surface area contributed by atoms with E-state index in [2.05, 4.69) is 18.8 Å². The van der Waals surface area contributed by atoms with Crippen LogP contribution in [-0.2, 0) is 4.74 Å². The van der Waals surface area contributed by atoms with Crippen molar-refractivity contribution >= 4 is 0 Å². The molecule has 1 N–H and O–H groups in total. The zero-order valence-corrected chi connectivity index (χ0v) is 9.51. The summed E-state index contributed by atoms with van der Waals surface area (Å²) in [4.78, 5) is 0. The first-order chi connectivity index (χ1) is 6.68. The Morgan fingerprint density at radius 3 is 2.86 bits per heavy atom. The lowest BCUT2D eigenvalue weighted by Crippen LogP contribution is -2.29. The molecule has 1 rings (SSSR count). The lowest BCUT2D eigenvalue weighted by molar-refractivity contribution is 0.155. The molecule has 1 atom stereocenters. The molecule has 0 amide bonds. The van der Waals surface area contributed by atoms with E-state index in [9.17, 15) is 0 Å². The van der Waals surface area contributed by atoms with E-state index in [4.69, 9.17) is 4.74 Å². The van der Waals surface area contributed by atoms with Crippen LogP contribution in [0.5, 0.6) is 0 Å². The van der Waals surface area contributed by atoms with Gasteiger partial charge in [-0.05, 0) is 26.2 Å². The molecular formula is C12H23NO. The van der Waals surface area contributed by atoms with E-state index in [1.807, 2.05) is 6.92 Å². The summed E-state index contributed by atoms with van der Waals surface area (Å²) >= 11 is 0. The van der Waals surface area contributed by atoms with Gasteiger partial charge in [-0.15, -0.1) is 0 Å². The summed E-state index contributed by atoms with van der Waals surface area (Å²) in [6.07, 6.45) is 4.22. The maximum atomic E-state index is 5.40. The molecular weight excluding hydrogens is 174 g/mol. The Hall–Kier alpha value is -0.340. The molecule has 1 unspecified atom stereocenters. The van der Waals surface area contributed by atoms with Gasteiger partial charge in [-0.2, -0.15) is 0 Å². The molecule has 0 aliphatic heterocycles. The monoisotopic (exact) mass is 197 g/mol. The van der Waals surface area contributed by atoms with Gasteiger partial charge in [0, 0.05) is 12.6 Å². The van der Waals surface area contributed by atoms with E-state index in [1.54, 1.807) is 0 Å². The molecule has 0 spiro atoms. The largest absolute Gasteiger partial charge is 0.376 e. The van der Waals surface area contributed by atoms with Crippen molar-refractivity contribution in [2.24, 2.45) is 5.92 Å². The van der Waals surface area contributed by atoms with Gasteiger partial charge in [-0.25, -0.2) is 0 Å². The van der Waals surface area contributed by atoms with Crippen LogP contribution in [0.25, 0.3) is 0 Å². The van der Waals surface area contributed by atoms with Crippen molar-refractivity contribution in [2.75, 3.05) is 19.8 Å². The molecule has 0 aromatic heterocycles. The zero-order valence-electron chi connectivity index (χ0n) is 9.51. The summed E-state index contributed by atoms with van der Waals surface area (Å²) < 4.78 is 5.40. The van der Waals surface area contributed by atoms with E-state index >= 15 is 0 Å². The minimum Gasteiger partial charge on any atom is -0.376 e. The normalized spacial score (nSPS) is 18.1. The fourth-order valence-corrected chi connectivity index (χ4v) is 1.56. The summed E-state index contributed by atoms with van der Waals surface area (Å²) in [5.41, 5.74) is 1.09. The number of rotatable bonds is 8. The molecule has 0 heterocycles. The van der Waals surface area contributed by atoms with E-state index in [1.165, 1.54) is 19.3 Å². The Morgan fingerprint density at radius 1 is 1.57 bits per heavy atom. The van der Waals surface area contributed by atoms with Gasteiger partial charge in [0.2, 0.25) is 0 Å². The van der Waals surface area contributed by atoms with Crippen molar-refractivity contribution in [1.82, 2.24) is 5.32 Å². The van der Waals surface area contributed by atoms with E-state index < -0.39 is 0 Å². The van der Waals surface area contributed by atoms with Crippen LogP contribution in [0.4, 0.5) is 0 Å². The Bertz CT molecular complexity index is 175. The molecule has 2 nitrogen and oxygen atoms in total. The van der Waals surface area contributed by atoms with Crippen molar-refractivity contribution in [3.63, 3.8) is 0 Å². The average Bonchev–Trinajstić information content (AvgIpc) is 2.87. The molecule has 1 saturated carbocycles. The van der Waals surface area contributed by atoms with Crippen LogP contribution in [-0.4, -0.2) is 25.8 Å². The number of hydrogen-bond donors (Lipinski definition) is 1. The molecule has 82 valence electrons. The molecule has 0 saturated heterocycles. The molecule has 1 aliphatic rings. The second kappa shape index (κ2) is 6.20. The summed E-state index contributed by atoms with van der Waals surface area (Å²) in [5.74, 6) is 1.01. The van der Waals surface area contributed by atoms with Gasteiger partial charge in [0.15, 0.2) is 0 Å². The zero-order chi connectivity index (χ0) is 10.4. The average molecular weight is 197 g/mol. The van der Waals surface area contributed by atoms with Crippen LogP contribution in [0.2, 0.25) is 0 Å². The van der Waals surface area contributed by atoms with Gasteiger partial charge in [-0.3, -0.25) is 0 Å². The smallest absolute Gasteiger partial charge is 0.0672 e. The standard InChI is InChI=1S/C12H23NO/c1-10(2)9-14-7-6-13-11(3)8-12-4-5-12/h11-13H,1,4-9H2,2-3H3. The predicted octanol–water partition coefficient (Wildman–Crippen LogP) is 2.36. The maximum absolute atomic E-state index is 5.40. The molecule has 0 aromatic rings. The fourth-order valence-electron chi connectivity index (χ4n) is 1.56. The number of nitrogens with one attached hydrogen (secondary N) is 1. The van der Waals surface area contributed by atoms with Crippen LogP contribution < -0.4 is 5.32 Å². The van der Waals surface area contributed by atoms with Crippen molar-refractivity contribution in [1.29, 1.82) is 0 Å². The third kappa shape index (κ3) is 6.17. The minimum absolute atomic E-state index is 0.649. The summed E-state index contributed by atoms with van der Waals surface area (Å²) in [6.45, 7) is 10.5. The van der Waals surface area contributed by atoms with E-state index in [0.717, 1.165) is 24.6 Å². The van der Waals surface area contributed by atoms with Gasteiger partial charge in [0.1, 0.15) is 0 Å².